The van der Waals surface area contributed by atoms with Crippen molar-refractivity contribution in [3.05, 3.63) is 65.7 Å². The van der Waals surface area contributed by atoms with E-state index in [1.54, 1.807) is 4.90 Å². The number of rotatable bonds is 6. The number of ether oxygens (including phenoxy) is 2. The van der Waals surface area contributed by atoms with Gasteiger partial charge >= 0.3 is 5.76 Å². The standard InChI is InChI=1S/C25H29F2NO5S/c1-2-32-20-16-22(18-6-4-3-5-7-18)33-25(17-20)12-14-28(15-13-25)23(29)19-8-10-21(11-9-19)34(30,31)24(26)27/h3-11,20,22,24H,2,12-17H2,1H3. The minimum absolute atomic E-state index is 0.0712. The Kier molecular flexibility index (Phi) is 7.35. The van der Waals surface area contributed by atoms with Gasteiger partial charge in [0.25, 0.3) is 5.91 Å². The summed E-state index contributed by atoms with van der Waals surface area (Å²) in [7, 11) is -4.69. The van der Waals surface area contributed by atoms with Gasteiger partial charge in [0, 0.05) is 38.1 Å². The van der Waals surface area contributed by atoms with Crippen LogP contribution < -0.4 is 0 Å². The van der Waals surface area contributed by atoms with Crippen LogP contribution in [-0.4, -0.2) is 56.4 Å². The van der Waals surface area contributed by atoms with Gasteiger partial charge in [-0.2, -0.15) is 8.78 Å². The highest BCUT2D eigenvalue weighted by atomic mass is 32.2. The number of hydrogen-bond acceptors (Lipinski definition) is 5. The molecule has 2 aliphatic heterocycles. The number of likely N-dealkylation sites (tertiary alicyclic amines) is 1. The Bertz CT molecular complexity index is 1080. The summed E-state index contributed by atoms with van der Waals surface area (Å²) in [5.41, 5.74) is 0.997. The third-order valence-electron chi connectivity index (χ3n) is 6.67. The van der Waals surface area contributed by atoms with Crippen molar-refractivity contribution in [3.8, 4) is 0 Å². The molecule has 184 valence electrons. The average Bonchev–Trinajstić information content (AvgIpc) is 2.84. The van der Waals surface area contributed by atoms with E-state index in [9.17, 15) is 22.0 Å². The highest BCUT2D eigenvalue weighted by Crippen LogP contribution is 2.44. The Morgan fingerprint density at radius 1 is 1.12 bits per heavy atom. The first kappa shape index (κ1) is 24.8. The third-order valence-corrected chi connectivity index (χ3v) is 8.07. The third kappa shape index (κ3) is 5.16. The molecule has 2 saturated heterocycles. The summed E-state index contributed by atoms with van der Waals surface area (Å²) in [5, 5.41) is 0. The molecule has 2 fully saturated rings. The maximum Gasteiger partial charge on any atom is 0.341 e. The van der Waals surface area contributed by atoms with Crippen LogP contribution in [-0.2, 0) is 19.3 Å². The topological polar surface area (TPSA) is 72.9 Å². The van der Waals surface area contributed by atoms with E-state index in [0.717, 1.165) is 30.5 Å². The molecule has 2 aliphatic rings. The monoisotopic (exact) mass is 493 g/mol. The van der Waals surface area contributed by atoms with Gasteiger partial charge in [0.05, 0.1) is 22.7 Å². The Labute approximate surface area is 198 Å². The normalized spacial score (nSPS) is 22.8. The maximum atomic E-state index is 13.0. The highest BCUT2D eigenvalue weighted by molar-refractivity contribution is 7.91. The summed E-state index contributed by atoms with van der Waals surface area (Å²) in [6.07, 6.45) is 2.88. The number of sulfone groups is 1. The van der Waals surface area contributed by atoms with Crippen molar-refractivity contribution in [2.45, 2.75) is 61.1 Å². The fourth-order valence-corrected chi connectivity index (χ4v) is 5.60. The first-order chi connectivity index (χ1) is 16.2. The Morgan fingerprint density at radius 2 is 1.76 bits per heavy atom. The molecule has 0 saturated carbocycles. The molecule has 0 bridgehead atoms. The summed E-state index contributed by atoms with van der Waals surface area (Å²) >= 11 is 0. The molecule has 0 N–H and O–H groups in total. The Balaban J connectivity index is 1.44. The number of piperidine rings is 1. The van der Waals surface area contributed by atoms with E-state index >= 15 is 0 Å². The average molecular weight is 494 g/mol. The van der Waals surface area contributed by atoms with Crippen molar-refractivity contribution in [1.82, 2.24) is 4.90 Å². The molecule has 9 heteroatoms. The number of amides is 1. The van der Waals surface area contributed by atoms with Crippen LogP contribution in [0, 0.1) is 0 Å². The van der Waals surface area contributed by atoms with Crippen LogP contribution >= 0.6 is 0 Å². The molecular weight excluding hydrogens is 464 g/mol. The summed E-state index contributed by atoms with van der Waals surface area (Å²) in [5.74, 6) is -3.75. The van der Waals surface area contributed by atoms with Crippen molar-refractivity contribution in [1.29, 1.82) is 0 Å². The van der Waals surface area contributed by atoms with E-state index in [1.165, 1.54) is 12.1 Å². The van der Waals surface area contributed by atoms with Crippen LogP contribution in [0.2, 0.25) is 0 Å². The predicted octanol–water partition coefficient (Wildman–Crippen LogP) is 4.61. The molecule has 0 aliphatic carbocycles. The molecule has 34 heavy (non-hydrogen) atoms. The first-order valence-corrected chi connectivity index (χ1v) is 13.0. The maximum absolute atomic E-state index is 13.0. The molecule has 2 aromatic rings. The number of carbonyl (C=O) groups is 1. The Morgan fingerprint density at radius 3 is 2.35 bits per heavy atom. The Hall–Kier alpha value is -2.36. The molecule has 2 aromatic carbocycles. The predicted molar refractivity (Wildman–Crippen MR) is 122 cm³/mol. The lowest BCUT2D eigenvalue weighted by molar-refractivity contribution is -0.190. The van der Waals surface area contributed by atoms with Crippen molar-refractivity contribution in [3.63, 3.8) is 0 Å². The second kappa shape index (κ2) is 10.1. The number of halogens is 2. The highest BCUT2D eigenvalue weighted by Gasteiger charge is 2.45. The molecule has 2 atom stereocenters. The lowest BCUT2D eigenvalue weighted by Crippen LogP contribution is -2.52. The summed E-state index contributed by atoms with van der Waals surface area (Å²) in [6, 6.07) is 14.8. The second-order valence-corrected chi connectivity index (χ2v) is 10.8. The minimum atomic E-state index is -4.69. The minimum Gasteiger partial charge on any atom is -0.378 e. The van der Waals surface area contributed by atoms with E-state index < -0.39 is 20.5 Å². The molecule has 1 amide bonds. The molecule has 4 rings (SSSR count). The van der Waals surface area contributed by atoms with Gasteiger partial charge in [-0.1, -0.05) is 30.3 Å². The largest absolute Gasteiger partial charge is 0.378 e. The van der Waals surface area contributed by atoms with Crippen LogP contribution in [0.5, 0.6) is 0 Å². The number of carbonyl (C=O) groups excluding carboxylic acids is 1. The lowest BCUT2D eigenvalue weighted by atomic mass is 9.80. The van der Waals surface area contributed by atoms with Gasteiger partial charge in [0.2, 0.25) is 9.84 Å². The number of hydrogen-bond donors (Lipinski definition) is 0. The molecule has 0 radical (unpaired) electrons. The molecule has 1 spiro atoms. The number of nitrogens with zero attached hydrogens (tertiary/aromatic N) is 1. The van der Waals surface area contributed by atoms with Gasteiger partial charge < -0.3 is 14.4 Å². The number of benzene rings is 2. The molecule has 2 unspecified atom stereocenters. The van der Waals surface area contributed by atoms with Gasteiger partial charge in [-0.25, -0.2) is 8.42 Å². The smallest absolute Gasteiger partial charge is 0.341 e. The summed E-state index contributed by atoms with van der Waals surface area (Å²) < 4.78 is 61.4. The van der Waals surface area contributed by atoms with Crippen molar-refractivity contribution in [2.75, 3.05) is 19.7 Å². The van der Waals surface area contributed by atoms with E-state index in [0.29, 0.717) is 32.5 Å². The van der Waals surface area contributed by atoms with Crippen LogP contribution in [0.25, 0.3) is 0 Å². The molecule has 6 nitrogen and oxygen atoms in total. The zero-order valence-electron chi connectivity index (χ0n) is 19.0. The van der Waals surface area contributed by atoms with Crippen molar-refractivity contribution >= 4 is 15.7 Å². The van der Waals surface area contributed by atoms with Crippen LogP contribution in [0.4, 0.5) is 8.78 Å². The van der Waals surface area contributed by atoms with Gasteiger partial charge in [0.1, 0.15) is 0 Å². The quantitative estimate of drug-likeness (QED) is 0.588. The summed E-state index contributed by atoms with van der Waals surface area (Å²) in [4.78, 5) is 14.2. The van der Waals surface area contributed by atoms with E-state index in [2.05, 4.69) is 12.1 Å². The van der Waals surface area contributed by atoms with E-state index in [1.807, 2.05) is 25.1 Å². The first-order valence-electron chi connectivity index (χ1n) is 11.5. The van der Waals surface area contributed by atoms with Crippen molar-refractivity contribution < 1.29 is 31.5 Å². The van der Waals surface area contributed by atoms with E-state index in [-0.39, 0.29) is 29.3 Å². The second-order valence-electron chi connectivity index (χ2n) is 8.84. The lowest BCUT2D eigenvalue weighted by Gasteiger charge is -2.48. The van der Waals surface area contributed by atoms with Gasteiger partial charge in [-0.3, -0.25) is 4.79 Å². The fraction of sp³-hybridized carbons (Fsp3) is 0.480. The van der Waals surface area contributed by atoms with Gasteiger partial charge in [0.15, 0.2) is 0 Å². The summed E-state index contributed by atoms with van der Waals surface area (Å²) in [6.45, 7) is 3.58. The van der Waals surface area contributed by atoms with Gasteiger partial charge in [-0.05, 0) is 49.6 Å². The zero-order chi connectivity index (χ0) is 24.3. The van der Waals surface area contributed by atoms with Crippen molar-refractivity contribution in [2.24, 2.45) is 0 Å². The molecular formula is C25H29F2NO5S. The fourth-order valence-electron chi connectivity index (χ4n) is 4.88. The van der Waals surface area contributed by atoms with Crippen LogP contribution in [0.15, 0.2) is 59.5 Å². The molecule has 0 aromatic heterocycles. The molecule has 2 heterocycles. The number of alkyl halides is 2. The van der Waals surface area contributed by atoms with Gasteiger partial charge in [-0.15, -0.1) is 0 Å². The van der Waals surface area contributed by atoms with E-state index in [4.69, 9.17) is 9.47 Å². The van der Waals surface area contributed by atoms with Crippen LogP contribution in [0.3, 0.4) is 0 Å². The van der Waals surface area contributed by atoms with Crippen LogP contribution in [0.1, 0.15) is 54.6 Å². The zero-order valence-corrected chi connectivity index (χ0v) is 19.8. The SMILES string of the molecule is CCOC1CC(c2ccccc2)OC2(CCN(C(=O)c3ccc(S(=O)(=O)C(F)F)cc3)CC2)C1.